The van der Waals surface area contributed by atoms with E-state index in [2.05, 4.69) is 10.5 Å². The number of carbonyl (C=O) groups is 1. The molecule has 0 unspecified atom stereocenters. The predicted octanol–water partition coefficient (Wildman–Crippen LogP) is 3.98. The number of amides is 1. The number of halogens is 1. The lowest BCUT2D eigenvalue weighted by Crippen LogP contribution is -2.36. The second-order valence-electron chi connectivity index (χ2n) is 6.27. The molecular weight excluding hydrogens is 340 g/mol. The highest BCUT2D eigenvalue weighted by molar-refractivity contribution is 6.30. The molecule has 25 heavy (non-hydrogen) atoms. The minimum Gasteiger partial charge on any atom is -0.461 e. The predicted molar refractivity (Wildman–Crippen MR) is 93.3 cm³/mol. The number of furan rings is 1. The second-order valence-corrected chi connectivity index (χ2v) is 6.70. The molecule has 0 spiro atoms. The van der Waals surface area contributed by atoms with Crippen LogP contribution in [0.4, 0.5) is 0 Å². The summed E-state index contributed by atoms with van der Waals surface area (Å²) in [5.41, 5.74) is 1.24. The maximum absolute atomic E-state index is 12.6. The molecule has 0 radical (unpaired) electrons. The smallest absolute Gasteiger partial charge is 0.232 e. The zero-order valence-corrected chi connectivity index (χ0v) is 14.3. The van der Waals surface area contributed by atoms with Gasteiger partial charge in [0.1, 0.15) is 0 Å². The van der Waals surface area contributed by atoms with Crippen LogP contribution < -0.4 is 5.32 Å². The minimum atomic E-state index is -0.561. The van der Waals surface area contributed by atoms with Gasteiger partial charge in [-0.15, -0.1) is 0 Å². The summed E-state index contributed by atoms with van der Waals surface area (Å²) in [6, 6.07) is 13.0. The first-order valence-electron chi connectivity index (χ1n) is 8.21. The summed E-state index contributed by atoms with van der Waals surface area (Å²) >= 11 is 5.88. The molecule has 0 bridgehead atoms. The van der Waals surface area contributed by atoms with Gasteiger partial charge in [0.05, 0.1) is 17.4 Å². The van der Waals surface area contributed by atoms with Crippen molar-refractivity contribution in [3.05, 3.63) is 65.0 Å². The molecule has 1 aromatic carbocycles. The largest absolute Gasteiger partial charge is 0.461 e. The van der Waals surface area contributed by atoms with E-state index in [0.717, 1.165) is 24.8 Å². The molecule has 2 aromatic heterocycles. The summed E-state index contributed by atoms with van der Waals surface area (Å²) in [5, 5.41) is 7.82. The molecule has 0 aliphatic heterocycles. The van der Waals surface area contributed by atoms with E-state index in [1.54, 1.807) is 24.5 Å². The molecule has 4 rings (SSSR count). The molecule has 1 saturated carbocycles. The van der Waals surface area contributed by atoms with Gasteiger partial charge in [-0.1, -0.05) is 28.9 Å². The van der Waals surface area contributed by atoms with Gasteiger partial charge < -0.3 is 14.3 Å². The topological polar surface area (TPSA) is 68.3 Å². The third-order valence-corrected chi connectivity index (χ3v) is 4.81. The highest BCUT2D eigenvalue weighted by atomic mass is 35.5. The van der Waals surface area contributed by atoms with Gasteiger partial charge in [-0.3, -0.25) is 4.79 Å². The molecule has 2 heterocycles. The standard InChI is InChI=1S/C19H17ClN2O3/c20-14-5-3-13(4-6-14)7-10-21-18(23)19(8-9-19)17-12-16(25-22-17)15-2-1-11-24-15/h1-6,11-12H,7-10H2,(H,21,23). The van der Waals surface area contributed by atoms with Crippen LogP contribution in [0.25, 0.3) is 11.5 Å². The van der Waals surface area contributed by atoms with Crippen molar-refractivity contribution in [1.29, 1.82) is 0 Å². The highest BCUT2D eigenvalue weighted by Gasteiger charge is 2.53. The molecule has 6 heteroatoms. The van der Waals surface area contributed by atoms with Crippen molar-refractivity contribution in [3.8, 4) is 11.5 Å². The van der Waals surface area contributed by atoms with E-state index >= 15 is 0 Å². The van der Waals surface area contributed by atoms with Gasteiger partial charge in [0.2, 0.25) is 11.7 Å². The number of nitrogens with zero attached hydrogens (tertiary/aromatic N) is 1. The molecule has 1 aliphatic carbocycles. The number of aromatic nitrogens is 1. The summed E-state index contributed by atoms with van der Waals surface area (Å²) < 4.78 is 10.6. The minimum absolute atomic E-state index is 0.000702. The molecule has 1 amide bonds. The van der Waals surface area contributed by atoms with Gasteiger partial charge >= 0.3 is 0 Å². The number of hydrogen-bond acceptors (Lipinski definition) is 4. The van der Waals surface area contributed by atoms with Crippen LogP contribution in [0.5, 0.6) is 0 Å². The Labute approximate surface area is 150 Å². The lowest BCUT2D eigenvalue weighted by molar-refractivity contribution is -0.123. The lowest BCUT2D eigenvalue weighted by Gasteiger charge is -2.12. The Morgan fingerprint density at radius 2 is 2.00 bits per heavy atom. The van der Waals surface area contributed by atoms with Crippen molar-refractivity contribution in [1.82, 2.24) is 10.5 Å². The zero-order valence-electron chi connectivity index (χ0n) is 13.5. The molecule has 0 atom stereocenters. The van der Waals surface area contributed by atoms with E-state index in [1.807, 2.05) is 24.3 Å². The van der Waals surface area contributed by atoms with Gasteiger partial charge in [0.25, 0.3) is 0 Å². The van der Waals surface area contributed by atoms with Gasteiger partial charge in [-0.25, -0.2) is 0 Å². The first kappa shape index (κ1) is 16.0. The van der Waals surface area contributed by atoms with Crippen LogP contribution in [0, 0.1) is 0 Å². The first-order chi connectivity index (χ1) is 12.2. The molecular formula is C19H17ClN2O3. The molecule has 1 aliphatic rings. The molecule has 1 N–H and O–H groups in total. The lowest BCUT2D eigenvalue weighted by atomic mass is 10.0. The first-order valence-corrected chi connectivity index (χ1v) is 8.59. The van der Waals surface area contributed by atoms with Crippen LogP contribution in [-0.4, -0.2) is 17.6 Å². The summed E-state index contributed by atoms with van der Waals surface area (Å²) in [4.78, 5) is 12.6. The zero-order chi connectivity index (χ0) is 17.3. The van der Waals surface area contributed by atoms with Crippen molar-refractivity contribution < 1.29 is 13.7 Å². The fourth-order valence-corrected chi connectivity index (χ4v) is 3.03. The van der Waals surface area contributed by atoms with Gasteiger partial charge in [-0.05, 0) is 49.1 Å². The van der Waals surface area contributed by atoms with Crippen molar-refractivity contribution in [2.45, 2.75) is 24.7 Å². The van der Waals surface area contributed by atoms with E-state index in [4.69, 9.17) is 20.5 Å². The number of nitrogens with one attached hydrogen (secondary N) is 1. The summed E-state index contributed by atoms with van der Waals surface area (Å²) in [6.45, 7) is 0.575. The third-order valence-electron chi connectivity index (χ3n) is 4.56. The fraction of sp³-hybridized carbons (Fsp3) is 0.263. The molecule has 3 aromatic rings. The average Bonchev–Trinajstić information content (AvgIpc) is 3.03. The Kier molecular flexibility index (Phi) is 4.09. The van der Waals surface area contributed by atoms with Crippen molar-refractivity contribution >= 4 is 17.5 Å². The number of rotatable bonds is 6. The van der Waals surface area contributed by atoms with Gasteiger partial charge in [0.15, 0.2) is 5.76 Å². The maximum Gasteiger partial charge on any atom is 0.232 e. The van der Waals surface area contributed by atoms with E-state index in [0.29, 0.717) is 28.8 Å². The molecule has 128 valence electrons. The van der Waals surface area contributed by atoms with Gasteiger partial charge in [-0.2, -0.15) is 0 Å². The molecule has 5 nitrogen and oxygen atoms in total. The molecule has 0 saturated heterocycles. The Balaban J connectivity index is 1.39. The number of benzene rings is 1. The highest BCUT2D eigenvalue weighted by Crippen LogP contribution is 2.48. The van der Waals surface area contributed by atoms with E-state index in [1.165, 1.54) is 0 Å². The Morgan fingerprint density at radius 1 is 1.20 bits per heavy atom. The van der Waals surface area contributed by atoms with Crippen LogP contribution in [0.15, 0.2) is 57.7 Å². The van der Waals surface area contributed by atoms with Gasteiger partial charge in [0, 0.05) is 17.6 Å². The van der Waals surface area contributed by atoms with E-state index < -0.39 is 5.41 Å². The second kappa shape index (κ2) is 6.41. The van der Waals surface area contributed by atoms with Crippen molar-refractivity contribution in [3.63, 3.8) is 0 Å². The monoisotopic (exact) mass is 356 g/mol. The SMILES string of the molecule is O=C(NCCc1ccc(Cl)cc1)C1(c2cc(-c3ccco3)on2)CC1. The summed E-state index contributed by atoms with van der Waals surface area (Å²) in [5.74, 6) is 1.15. The van der Waals surface area contributed by atoms with Crippen LogP contribution >= 0.6 is 11.6 Å². The van der Waals surface area contributed by atoms with Crippen molar-refractivity contribution in [2.75, 3.05) is 6.54 Å². The normalized spacial score (nSPS) is 15.1. The Morgan fingerprint density at radius 3 is 2.68 bits per heavy atom. The quantitative estimate of drug-likeness (QED) is 0.725. The van der Waals surface area contributed by atoms with E-state index in [-0.39, 0.29) is 5.91 Å². The maximum atomic E-state index is 12.6. The number of carbonyl (C=O) groups excluding carboxylic acids is 1. The van der Waals surface area contributed by atoms with Crippen LogP contribution in [0.2, 0.25) is 5.02 Å². The van der Waals surface area contributed by atoms with E-state index in [9.17, 15) is 4.79 Å². The Bertz CT molecular complexity index is 864. The van der Waals surface area contributed by atoms with Crippen LogP contribution in [0.1, 0.15) is 24.1 Å². The third kappa shape index (κ3) is 3.20. The Hall–Kier alpha value is -2.53. The van der Waals surface area contributed by atoms with Crippen LogP contribution in [-0.2, 0) is 16.6 Å². The summed E-state index contributed by atoms with van der Waals surface area (Å²) in [7, 11) is 0. The summed E-state index contributed by atoms with van der Waals surface area (Å²) in [6.07, 6.45) is 3.90. The van der Waals surface area contributed by atoms with Crippen molar-refractivity contribution in [2.24, 2.45) is 0 Å². The number of hydrogen-bond donors (Lipinski definition) is 1. The van der Waals surface area contributed by atoms with Crippen LogP contribution in [0.3, 0.4) is 0 Å². The molecule has 1 fully saturated rings. The fourth-order valence-electron chi connectivity index (χ4n) is 2.90. The average molecular weight is 357 g/mol.